The Labute approximate surface area is 101 Å². The Bertz CT molecular complexity index is 483. The van der Waals surface area contributed by atoms with Gasteiger partial charge in [0.2, 0.25) is 10.0 Å². The third kappa shape index (κ3) is 2.48. The summed E-state index contributed by atoms with van der Waals surface area (Å²) in [7, 11) is -2.05. The smallest absolute Gasteiger partial charge is 0.244 e. The number of nitrogens with zero attached hydrogens (tertiary/aromatic N) is 2. The van der Waals surface area contributed by atoms with Gasteiger partial charge in [0.25, 0.3) is 0 Å². The summed E-state index contributed by atoms with van der Waals surface area (Å²) < 4.78 is 25.4. The van der Waals surface area contributed by atoms with E-state index in [9.17, 15) is 13.5 Å². The molecule has 0 saturated heterocycles. The van der Waals surface area contributed by atoms with Crippen LogP contribution in [0.1, 0.15) is 19.3 Å². The fourth-order valence-electron chi connectivity index (χ4n) is 1.92. The third-order valence-corrected chi connectivity index (χ3v) is 4.93. The molecular formula is C11H16N2O3S. The number of aliphatic hydroxyl groups is 1. The fraction of sp³-hybridized carbons (Fsp3) is 0.545. The summed E-state index contributed by atoms with van der Waals surface area (Å²) >= 11 is 0. The molecule has 94 valence electrons. The lowest BCUT2D eigenvalue weighted by Gasteiger charge is -2.39. The first kappa shape index (κ1) is 12.5. The van der Waals surface area contributed by atoms with Gasteiger partial charge in [-0.1, -0.05) is 0 Å². The number of hydrogen-bond donors (Lipinski definition) is 1. The largest absolute Gasteiger partial charge is 0.389 e. The molecule has 1 aromatic heterocycles. The van der Waals surface area contributed by atoms with E-state index in [1.807, 2.05) is 0 Å². The van der Waals surface area contributed by atoms with E-state index in [1.54, 1.807) is 6.07 Å². The van der Waals surface area contributed by atoms with E-state index < -0.39 is 15.6 Å². The molecule has 1 aliphatic carbocycles. The van der Waals surface area contributed by atoms with Crippen LogP contribution in [0.25, 0.3) is 0 Å². The first-order valence-electron chi connectivity index (χ1n) is 5.53. The van der Waals surface area contributed by atoms with Crippen molar-refractivity contribution in [1.29, 1.82) is 0 Å². The number of aromatic nitrogens is 1. The molecule has 1 saturated carbocycles. The summed E-state index contributed by atoms with van der Waals surface area (Å²) in [6.07, 6.45) is 5.13. The highest BCUT2D eigenvalue weighted by Gasteiger charge is 2.38. The Morgan fingerprint density at radius 3 is 2.71 bits per heavy atom. The van der Waals surface area contributed by atoms with Gasteiger partial charge in [0.15, 0.2) is 0 Å². The zero-order valence-electron chi connectivity index (χ0n) is 9.70. The minimum absolute atomic E-state index is 0.143. The Morgan fingerprint density at radius 1 is 1.53 bits per heavy atom. The predicted molar refractivity (Wildman–Crippen MR) is 62.9 cm³/mol. The van der Waals surface area contributed by atoms with Crippen molar-refractivity contribution in [1.82, 2.24) is 9.29 Å². The van der Waals surface area contributed by atoms with Gasteiger partial charge in [-0.15, -0.1) is 0 Å². The summed E-state index contributed by atoms with van der Waals surface area (Å²) in [4.78, 5) is 3.95. The number of rotatable bonds is 4. The van der Waals surface area contributed by atoms with Crippen LogP contribution in [0, 0.1) is 0 Å². The van der Waals surface area contributed by atoms with E-state index >= 15 is 0 Å². The molecule has 0 bridgehead atoms. The van der Waals surface area contributed by atoms with Crippen LogP contribution in [0.2, 0.25) is 0 Å². The van der Waals surface area contributed by atoms with Crippen LogP contribution in [0.15, 0.2) is 29.4 Å². The van der Waals surface area contributed by atoms with Gasteiger partial charge in [-0.25, -0.2) is 8.42 Å². The molecule has 0 atom stereocenters. The van der Waals surface area contributed by atoms with Crippen molar-refractivity contribution in [2.45, 2.75) is 29.8 Å². The minimum Gasteiger partial charge on any atom is -0.389 e. The van der Waals surface area contributed by atoms with E-state index in [0.717, 1.165) is 6.42 Å². The number of likely N-dealkylation sites (N-methyl/N-ethyl adjacent to an activating group) is 1. The molecule has 1 heterocycles. The van der Waals surface area contributed by atoms with Crippen molar-refractivity contribution < 1.29 is 13.5 Å². The molecule has 1 aromatic rings. The lowest BCUT2D eigenvalue weighted by molar-refractivity contribution is -0.0423. The van der Waals surface area contributed by atoms with Crippen LogP contribution in [0.4, 0.5) is 0 Å². The van der Waals surface area contributed by atoms with Crippen molar-refractivity contribution in [3.05, 3.63) is 24.5 Å². The molecule has 0 spiro atoms. The van der Waals surface area contributed by atoms with Gasteiger partial charge >= 0.3 is 0 Å². The highest BCUT2D eigenvalue weighted by Crippen LogP contribution is 2.33. The molecule has 2 rings (SSSR count). The van der Waals surface area contributed by atoms with E-state index in [2.05, 4.69) is 4.98 Å². The van der Waals surface area contributed by atoms with Crippen molar-refractivity contribution in [3.8, 4) is 0 Å². The summed E-state index contributed by atoms with van der Waals surface area (Å²) in [5.41, 5.74) is -0.843. The summed E-state index contributed by atoms with van der Waals surface area (Å²) in [6, 6.07) is 3.09. The van der Waals surface area contributed by atoms with Gasteiger partial charge in [0.05, 0.1) is 5.60 Å². The molecule has 0 unspecified atom stereocenters. The molecule has 6 heteroatoms. The van der Waals surface area contributed by atoms with Gasteiger partial charge in [-0.3, -0.25) is 4.98 Å². The predicted octanol–water partition coefficient (Wildman–Crippen LogP) is 0.617. The van der Waals surface area contributed by atoms with E-state index in [-0.39, 0.29) is 11.4 Å². The van der Waals surface area contributed by atoms with Crippen molar-refractivity contribution in [2.24, 2.45) is 0 Å². The monoisotopic (exact) mass is 256 g/mol. The van der Waals surface area contributed by atoms with Crippen molar-refractivity contribution >= 4 is 10.0 Å². The summed E-state index contributed by atoms with van der Waals surface area (Å²) in [5, 5.41) is 9.97. The van der Waals surface area contributed by atoms with E-state index in [1.165, 1.54) is 29.8 Å². The van der Waals surface area contributed by atoms with Gasteiger partial charge in [-0.05, 0) is 31.4 Å². The second-order valence-electron chi connectivity index (χ2n) is 4.53. The third-order valence-electron chi connectivity index (χ3n) is 3.14. The van der Waals surface area contributed by atoms with Crippen LogP contribution < -0.4 is 0 Å². The van der Waals surface area contributed by atoms with Gasteiger partial charge in [0, 0.05) is 26.0 Å². The normalized spacial score (nSPS) is 19.0. The molecule has 0 amide bonds. The zero-order chi connectivity index (χ0) is 12.5. The van der Waals surface area contributed by atoms with Crippen LogP contribution in [-0.2, 0) is 10.0 Å². The van der Waals surface area contributed by atoms with Crippen LogP contribution in [-0.4, -0.2) is 42.0 Å². The maximum Gasteiger partial charge on any atom is 0.244 e. The minimum atomic E-state index is -3.54. The maximum absolute atomic E-state index is 12.1. The average molecular weight is 256 g/mol. The van der Waals surface area contributed by atoms with E-state index in [4.69, 9.17) is 0 Å². The molecule has 1 fully saturated rings. The topological polar surface area (TPSA) is 70.5 Å². The van der Waals surface area contributed by atoms with Crippen LogP contribution in [0.5, 0.6) is 0 Å². The molecule has 17 heavy (non-hydrogen) atoms. The van der Waals surface area contributed by atoms with Crippen molar-refractivity contribution in [2.75, 3.05) is 13.6 Å². The van der Waals surface area contributed by atoms with Gasteiger partial charge < -0.3 is 5.11 Å². The molecule has 1 N–H and O–H groups in total. The Balaban J connectivity index is 2.16. The zero-order valence-corrected chi connectivity index (χ0v) is 10.5. The van der Waals surface area contributed by atoms with Crippen LogP contribution >= 0.6 is 0 Å². The molecule has 1 aliphatic rings. The lowest BCUT2D eigenvalue weighted by Crippen LogP contribution is -2.48. The standard InChI is InChI=1S/C11H16N2O3S/c1-13(9-11(14)5-3-6-11)17(15,16)10-4-2-7-12-8-10/h2,4,7-8,14H,3,5-6,9H2,1H3. The Kier molecular flexibility index (Phi) is 3.20. The summed E-state index contributed by atoms with van der Waals surface area (Å²) in [6.45, 7) is 0.143. The highest BCUT2D eigenvalue weighted by molar-refractivity contribution is 7.89. The second-order valence-corrected chi connectivity index (χ2v) is 6.57. The molecule has 5 nitrogen and oxygen atoms in total. The highest BCUT2D eigenvalue weighted by atomic mass is 32.2. The van der Waals surface area contributed by atoms with Crippen LogP contribution in [0.3, 0.4) is 0 Å². The molecular weight excluding hydrogens is 240 g/mol. The fourth-order valence-corrected chi connectivity index (χ4v) is 3.14. The molecule has 0 aromatic carbocycles. The second kappa shape index (κ2) is 4.36. The van der Waals surface area contributed by atoms with Crippen molar-refractivity contribution in [3.63, 3.8) is 0 Å². The number of hydrogen-bond acceptors (Lipinski definition) is 4. The SMILES string of the molecule is CN(CC1(O)CCC1)S(=O)(=O)c1cccnc1. The average Bonchev–Trinajstić information content (AvgIpc) is 2.28. The van der Waals surface area contributed by atoms with Gasteiger partial charge in [-0.2, -0.15) is 4.31 Å². The molecule has 0 aliphatic heterocycles. The lowest BCUT2D eigenvalue weighted by atomic mass is 9.80. The molecule has 0 radical (unpaired) electrons. The summed E-state index contributed by atoms with van der Waals surface area (Å²) in [5.74, 6) is 0. The number of sulfonamides is 1. The van der Waals surface area contributed by atoms with Gasteiger partial charge in [0.1, 0.15) is 4.90 Å². The number of pyridine rings is 1. The Hall–Kier alpha value is -0.980. The quantitative estimate of drug-likeness (QED) is 0.857. The first-order valence-corrected chi connectivity index (χ1v) is 6.97. The first-order chi connectivity index (χ1) is 7.94. The maximum atomic E-state index is 12.1. The van der Waals surface area contributed by atoms with E-state index in [0.29, 0.717) is 12.8 Å². The Morgan fingerprint density at radius 2 is 2.24 bits per heavy atom.